The van der Waals surface area contributed by atoms with Crippen LogP contribution in [0, 0.1) is 11.6 Å². The highest BCUT2D eigenvalue weighted by atomic mass is 19.2. The van der Waals surface area contributed by atoms with Gasteiger partial charge in [-0.1, -0.05) is 0 Å². The number of benzene rings is 1. The summed E-state index contributed by atoms with van der Waals surface area (Å²) in [7, 11) is 2.40. The standard InChI is InChI=1S/C9H9F2NO3/c1-12(15-2)9(14)7-6(13)4-3-5(10)8(7)11/h3-4,13H,1-2H3. The predicted octanol–water partition coefficient (Wildman–Crippen LogP) is 1.30. The number of amides is 1. The Hall–Kier alpha value is -1.69. The number of phenols is 1. The normalized spacial score (nSPS) is 10.1. The molecule has 0 bridgehead atoms. The van der Waals surface area contributed by atoms with Crippen LogP contribution in [-0.2, 0) is 4.84 Å². The highest BCUT2D eigenvalue weighted by Crippen LogP contribution is 2.23. The number of hydroxylamine groups is 2. The monoisotopic (exact) mass is 217 g/mol. The molecule has 0 saturated carbocycles. The van der Waals surface area contributed by atoms with E-state index in [-0.39, 0.29) is 0 Å². The molecule has 0 aliphatic carbocycles. The summed E-state index contributed by atoms with van der Waals surface area (Å²) >= 11 is 0. The minimum atomic E-state index is -1.40. The van der Waals surface area contributed by atoms with Crippen LogP contribution in [0.2, 0.25) is 0 Å². The van der Waals surface area contributed by atoms with Crippen LogP contribution < -0.4 is 0 Å². The van der Waals surface area contributed by atoms with Gasteiger partial charge in [-0.05, 0) is 12.1 Å². The van der Waals surface area contributed by atoms with Gasteiger partial charge in [0.25, 0.3) is 5.91 Å². The maximum Gasteiger partial charge on any atom is 0.284 e. The van der Waals surface area contributed by atoms with Crippen molar-refractivity contribution in [1.82, 2.24) is 5.06 Å². The quantitative estimate of drug-likeness (QED) is 0.759. The average Bonchev–Trinajstić information content (AvgIpc) is 2.22. The fourth-order valence-corrected chi connectivity index (χ4v) is 0.984. The van der Waals surface area contributed by atoms with Crippen LogP contribution in [0.3, 0.4) is 0 Å². The first-order chi connectivity index (χ1) is 6.99. The van der Waals surface area contributed by atoms with Crippen LogP contribution in [0.1, 0.15) is 10.4 Å². The summed E-state index contributed by atoms with van der Waals surface area (Å²) in [6, 6.07) is 1.63. The molecular formula is C9H9F2NO3. The largest absolute Gasteiger partial charge is 0.507 e. The van der Waals surface area contributed by atoms with Crippen LogP contribution in [0.4, 0.5) is 8.78 Å². The number of nitrogens with zero attached hydrogens (tertiary/aromatic N) is 1. The Balaban J connectivity index is 3.24. The number of phenolic OH excluding ortho intramolecular Hbond substituents is 1. The molecule has 4 nitrogen and oxygen atoms in total. The second-order valence-electron chi connectivity index (χ2n) is 2.74. The Bertz CT molecular complexity index is 395. The Kier molecular flexibility index (Phi) is 3.21. The molecular weight excluding hydrogens is 208 g/mol. The van der Waals surface area contributed by atoms with Gasteiger partial charge in [-0.15, -0.1) is 0 Å². The third-order valence-electron chi connectivity index (χ3n) is 1.85. The van der Waals surface area contributed by atoms with Crippen LogP contribution in [0.25, 0.3) is 0 Å². The first-order valence-corrected chi connectivity index (χ1v) is 3.98. The highest BCUT2D eigenvalue weighted by Gasteiger charge is 2.23. The summed E-state index contributed by atoms with van der Waals surface area (Å²) in [6.45, 7) is 0. The fraction of sp³-hybridized carbons (Fsp3) is 0.222. The van der Waals surface area contributed by atoms with E-state index in [0.717, 1.165) is 12.1 Å². The van der Waals surface area contributed by atoms with Crippen molar-refractivity contribution >= 4 is 5.91 Å². The summed E-state index contributed by atoms with van der Waals surface area (Å²) in [5.74, 6) is -4.21. The third kappa shape index (κ3) is 2.04. The summed E-state index contributed by atoms with van der Waals surface area (Å²) in [5.41, 5.74) is -0.751. The van der Waals surface area contributed by atoms with Crippen molar-refractivity contribution in [3.8, 4) is 5.75 Å². The van der Waals surface area contributed by atoms with Crippen molar-refractivity contribution < 1.29 is 23.5 Å². The van der Waals surface area contributed by atoms with Gasteiger partial charge in [-0.3, -0.25) is 9.63 Å². The SMILES string of the molecule is CON(C)C(=O)c1c(O)ccc(F)c1F. The molecule has 1 amide bonds. The van der Waals surface area contributed by atoms with Gasteiger partial charge in [0.1, 0.15) is 11.3 Å². The third-order valence-corrected chi connectivity index (χ3v) is 1.85. The van der Waals surface area contributed by atoms with Crippen molar-refractivity contribution in [2.45, 2.75) is 0 Å². The number of carbonyl (C=O) groups is 1. The molecule has 1 aromatic rings. The maximum absolute atomic E-state index is 13.2. The molecule has 0 unspecified atom stereocenters. The minimum absolute atomic E-state index is 0.636. The molecule has 0 fully saturated rings. The Morgan fingerprint density at radius 2 is 2.07 bits per heavy atom. The van der Waals surface area contributed by atoms with Gasteiger partial charge >= 0.3 is 0 Å². The van der Waals surface area contributed by atoms with Crippen molar-refractivity contribution in [1.29, 1.82) is 0 Å². The fourth-order valence-electron chi connectivity index (χ4n) is 0.984. The Labute approximate surface area is 84.6 Å². The van der Waals surface area contributed by atoms with Crippen LogP contribution in [-0.4, -0.2) is 30.2 Å². The maximum atomic E-state index is 13.2. The molecule has 0 aromatic heterocycles. The van der Waals surface area contributed by atoms with E-state index >= 15 is 0 Å². The molecule has 0 saturated heterocycles. The number of aromatic hydroxyl groups is 1. The topological polar surface area (TPSA) is 49.8 Å². The van der Waals surface area contributed by atoms with E-state index in [2.05, 4.69) is 4.84 Å². The minimum Gasteiger partial charge on any atom is -0.507 e. The molecule has 15 heavy (non-hydrogen) atoms. The number of hydrogen-bond donors (Lipinski definition) is 1. The van der Waals surface area contributed by atoms with E-state index in [1.54, 1.807) is 0 Å². The molecule has 1 rings (SSSR count). The van der Waals surface area contributed by atoms with Gasteiger partial charge in [-0.25, -0.2) is 13.8 Å². The Morgan fingerprint density at radius 3 is 2.60 bits per heavy atom. The number of hydrogen-bond acceptors (Lipinski definition) is 3. The highest BCUT2D eigenvalue weighted by molar-refractivity contribution is 5.96. The van der Waals surface area contributed by atoms with Gasteiger partial charge < -0.3 is 5.11 Å². The lowest BCUT2D eigenvalue weighted by atomic mass is 10.1. The van der Waals surface area contributed by atoms with Crippen LogP contribution >= 0.6 is 0 Å². The molecule has 1 aromatic carbocycles. The molecule has 0 aliphatic rings. The van der Waals surface area contributed by atoms with Crippen molar-refractivity contribution in [3.05, 3.63) is 29.3 Å². The lowest BCUT2D eigenvalue weighted by Crippen LogP contribution is -2.26. The van der Waals surface area contributed by atoms with E-state index in [9.17, 15) is 18.7 Å². The van der Waals surface area contributed by atoms with Crippen LogP contribution in [0.5, 0.6) is 5.75 Å². The van der Waals surface area contributed by atoms with E-state index in [4.69, 9.17) is 0 Å². The van der Waals surface area contributed by atoms with E-state index in [1.165, 1.54) is 14.2 Å². The lowest BCUT2D eigenvalue weighted by Gasteiger charge is -2.14. The van der Waals surface area contributed by atoms with Crippen molar-refractivity contribution in [3.63, 3.8) is 0 Å². The number of halogens is 2. The number of carbonyl (C=O) groups excluding carboxylic acids is 1. The molecule has 0 aliphatic heterocycles. The average molecular weight is 217 g/mol. The lowest BCUT2D eigenvalue weighted by molar-refractivity contribution is -0.0761. The molecule has 6 heteroatoms. The molecule has 82 valence electrons. The molecule has 0 radical (unpaired) electrons. The molecule has 0 atom stereocenters. The molecule has 1 N–H and O–H groups in total. The second kappa shape index (κ2) is 4.22. The van der Waals surface area contributed by atoms with E-state index < -0.39 is 28.9 Å². The van der Waals surface area contributed by atoms with Crippen molar-refractivity contribution in [2.75, 3.05) is 14.2 Å². The summed E-state index contributed by atoms with van der Waals surface area (Å²) in [5, 5.41) is 9.90. The second-order valence-corrected chi connectivity index (χ2v) is 2.74. The summed E-state index contributed by atoms with van der Waals surface area (Å²) in [6.07, 6.45) is 0. The number of rotatable bonds is 2. The van der Waals surface area contributed by atoms with Gasteiger partial charge in [-0.2, -0.15) is 0 Å². The summed E-state index contributed by atoms with van der Waals surface area (Å²) < 4.78 is 26.0. The van der Waals surface area contributed by atoms with E-state index in [0.29, 0.717) is 5.06 Å². The van der Waals surface area contributed by atoms with E-state index in [1.807, 2.05) is 0 Å². The van der Waals surface area contributed by atoms with Crippen molar-refractivity contribution in [2.24, 2.45) is 0 Å². The molecule has 0 spiro atoms. The first-order valence-electron chi connectivity index (χ1n) is 3.98. The van der Waals surface area contributed by atoms with Gasteiger partial charge in [0.05, 0.1) is 7.11 Å². The van der Waals surface area contributed by atoms with Gasteiger partial charge in [0.15, 0.2) is 11.6 Å². The summed E-state index contributed by atoms with van der Waals surface area (Å²) in [4.78, 5) is 15.9. The zero-order chi connectivity index (χ0) is 11.6. The Morgan fingerprint density at radius 1 is 1.47 bits per heavy atom. The zero-order valence-corrected chi connectivity index (χ0v) is 8.12. The van der Waals surface area contributed by atoms with Gasteiger partial charge in [0.2, 0.25) is 0 Å². The predicted molar refractivity (Wildman–Crippen MR) is 47.1 cm³/mol. The molecule has 0 heterocycles. The zero-order valence-electron chi connectivity index (χ0n) is 8.12. The van der Waals surface area contributed by atoms with Gasteiger partial charge in [0, 0.05) is 7.05 Å². The van der Waals surface area contributed by atoms with Crippen LogP contribution in [0.15, 0.2) is 12.1 Å². The smallest absolute Gasteiger partial charge is 0.284 e. The first kappa shape index (κ1) is 11.4.